The van der Waals surface area contributed by atoms with Crippen molar-refractivity contribution in [3.63, 3.8) is 0 Å². The number of nitrogens with zero attached hydrogens (tertiary/aromatic N) is 2. The molecule has 0 unspecified atom stereocenters. The van der Waals surface area contributed by atoms with Gasteiger partial charge in [-0.25, -0.2) is 9.13 Å². The lowest BCUT2D eigenvalue weighted by atomic mass is 9.64. The van der Waals surface area contributed by atoms with Gasteiger partial charge in [0.15, 0.2) is 0 Å². The van der Waals surface area contributed by atoms with Crippen LogP contribution in [0.5, 0.6) is 0 Å². The summed E-state index contributed by atoms with van der Waals surface area (Å²) in [4.78, 5) is 24.3. The average molecular weight is 541 g/mol. The van der Waals surface area contributed by atoms with Gasteiger partial charge < -0.3 is 27.5 Å². The molecule has 0 radical (unpaired) electrons. The second-order valence-electron chi connectivity index (χ2n) is 9.21. The van der Waals surface area contributed by atoms with E-state index in [2.05, 4.69) is 28.5 Å². The van der Waals surface area contributed by atoms with E-state index >= 15 is 0 Å². The van der Waals surface area contributed by atoms with Crippen molar-refractivity contribution >= 4 is 11.9 Å². The Morgan fingerprint density at radius 3 is 2.20 bits per heavy atom. The second kappa shape index (κ2) is 11.7. The van der Waals surface area contributed by atoms with Gasteiger partial charge in [-0.2, -0.15) is 0 Å². The van der Waals surface area contributed by atoms with Crippen molar-refractivity contribution in [1.82, 2.24) is 4.57 Å². The van der Waals surface area contributed by atoms with Gasteiger partial charge in [-0.3, -0.25) is 9.59 Å². The third-order valence-corrected chi connectivity index (χ3v) is 7.30. The Morgan fingerprint density at radius 2 is 1.66 bits per heavy atom. The van der Waals surface area contributed by atoms with Gasteiger partial charge in [0.25, 0.3) is 5.82 Å². The van der Waals surface area contributed by atoms with Crippen LogP contribution in [0, 0.1) is 12.8 Å². The number of aromatic nitrogens is 2. The van der Waals surface area contributed by atoms with E-state index in [0.717, 1.165) is 49.2 Å². The first-order chi connectivity index (χ1) is 16.4. The zero-order valence-corrected chi connectivity index (χ0v) is 22.0. The van der Waals surface area contributed by atoms with Crippen LogP contribution in [-0.2, 0) is 26.3 Å². The zero-order chi connectivity index (χ0) is 24.1. The molecule has 0 bridgehead atoms. The third-order valence-electron chi connectivity index (χ3n) is 7.30. The third kappa shape index (κ3) is 5.35. The lowest BCUT2D eigenvalue weighted by Gasteiger charge is -2.37. The number of imidazole rings is 1. The van der Waals surface area contributed by atoms with Gasteiger partial charge in [0.1, 0.15) is 23.9 Å². The normalized spacial score (nSPS) is 17.5. The molecule has 1 aliphatic carbocycles. The molecule has 4 rings (SSSR count). The predicted octanol–water partition coefficient (Wildman–Crippen LogP) is 0.854. The molecule has 1 saturated carbocycles. The highest BCUT2D eigenvalue weighted by Crippen LogP contribution is 2.49. The Labute approximate surface area is 217 Å². The largest absolute Gasteiger partial charge is 1.00 e. The molecule has 35 heavy (non-hydrogen) atoms. The Hall–Kier alpha value is -2.93. The number of rotatable bonds is 9. The highest BCUT2D eigenvalue weighted by atomic mass is 79.9. The topological polar surface area (TPSA) is 78.2 Å². The van der Waals surface area contributed by atoms with E-state index in [4.69, 9.17) is 10.5 Å². The number of amides is 1. The minimum absolute atomic E-state index is 0. The second-order valence-corrected chi connectivity index (χ2v) is 9.21. The Morgan fingerprint density at radius 1 is 1.06 bits per heavy atom. The molecule has 0 saturated heterocycles. The summed E-state index contributed by atoms with van der Waals surface area (Å²) in [5, 5.41) is 0. The van der Waals surface area contributed by atoms with Crippen LogP contribution in [0.15, 0.2) is 73.1 Å². The van der Waals surface area contributed by atoms with Crippen molar-refractivity contribution in [2.75, 3.05) is 6.61 Å². The molecule has 7 heteroatoms. The van der Waals surface area contributed by atoms with Crippen molar-refractivity contribution in [1.29, 1.82) is 0 Å². The summed E-state index contributed by atoms with van der Waals surface area (Å²) in [7, 11) is 0. The van der Waals surface area contributed by atoms with Crippen LogP contribution in [0.2, 0.25) is 0 Å². The molecule has 1 amide bonds. The fourth-order valence-electron chi connectivity index (χ4n) is 5.72. The van der Waals surface area contributed by atoms with Gasteiger partial charge in [0.05, 0.1) is 13.2 Å². The number of esters is 1. The van der Waals surface area contributed by atoms with E-state index in [1.54, 1.807) is 0 Å². The van der Waals surface area contributed by atoms with E-state index in [1.165, 1.54) is 6.92 Å². The van der Waals surface area contributed by atoms with Crippen LogP contribution in [0.3, 0.4) is 0 Å². The number of carbonyl (C=O) groups is 2. The lowest BCUT2D eigenvalue weighted by Crippen LogP contribution is -3.00. The molecule has 0 aliphatic heterocycles. The maximum Gasteiger partial charge on any atom is 0.302 e. The first kappa shape index (κ1) is 26.7. The molecule has 1 aromatic heterocycles. The summed E-state index contributed by atoms with van der Waals surface area (Å²) in [6.07, 6.45) is 7.77. The fraction of sp³-hybridized carbons (Fsp3) is 0.393. The van der Waals surface area contributed by atoms with Gasteiger partial charge in [0.2, 0.25) is 5.91 Å². The number of aryl methyl sites for hydroxylation is 1. The Balaban J connectivity index is 0.00000342. The summed E-state index contributed by atoms with van der Waals surface area (Å²) in [6.45, 7) is 4.77. The fourth-order valence-corrected chi connectivity index (χ4v) is 5.72. The van der Waals surface area contributed by atoms with Gasteiger partial charge >= 0.3 is 5.97 Å². The van der Waals surface area contributed by atoms with E-state index in [-0.39, 0.29) is 34.8 Å². The molecule has 1 heterocycles. The Kier molecular flexibility index (Phi) is 8.89. The standard InChI is InChI=1S/C28H33N3O3.BrH/c1-21-30(16-9-19-34-22(2)32)17-18-31(21)26-15-14-25(20-26)28(27(29)33,23-10-5-3-6-11-23)24-12-7-4-8-13-24;/h3-8,10-13,17-18,25-26H,9,14-16,19-20H2,1-2H3,(H-,29,33);1H/t25-,26-;/m1./s1. The minimum Gasteiger partial charge on any atom is -1.00 e. The molecule has 2 N–H and O–H groups in total. The summed E-state index contributed by atoms with van der Waals surface area (Å²) >= 11 is 0. The first-order valence-electron chi connectivity index (χ1n) is 12.1. The van der Waals surface area contributed by atoms with Gasteiger partial charge in [-0.1, -0.05) is 60.7 Å². The number of nitrogens with two attached hydrogens (primary N) is 1. The molecule has 2 atom stereocenters. The number of carbonyl (C=O) groups excluding carboxylic acids is 2. The number of benzene rings is 2. The molecule has 1 aliphatic rings. The molecular formula is C28H34BrN3O3. The number of ether oxygens (including phenoxy) is 1. The SMILES string of the molecule is CC(=O)OCCC[n+]1ccn([C@@H]2CC[C@@H](C(C(N)=O)(c3ccccc3)c3ccccc3)C2)c1C.[Br-]. The van der Waals surface area contributed by atoms with E-state index < -0.39 is 5.41 Å². The summed E-state index contributed by atoms with van der Waals surface area (Å²) in [6, 6.07) is 20.3. The monoisotopic (exact) mass is 539 g/mol. The molecule has 0 spiro atoms. The smallest absolute Gasteiger partial charge is 0.302 e. The summed E-state index contributed by atoms with van der Waals surface area (Å²) in [5.41, 5.74) is 7.30. The number of hydrogen-bond donors (Lipinski definition) is 1. The van der Waals surface area contributed by atoms with Crippen molar-refractivity contribution in [3.05, 3.63) is 90.0 Å². The van der Waals surface area contributed by atoms with Crippen molar-refractivity contribution in [2.24, 2.45) is 11.7 Å². The van der Waals surface area contributed by atoms with Crippen LogP contribution in [0.1, 0.15) is 55.6 Å². The van der Waals surface area contributed by atoms with Crippen molar-refractivity contribution < 1.29 is 35.9 Å². The van der Waals surface area contributed by atoms with E-state index in [9.17, 15) is 9.59 Å². The maximum absolute atomic E-state index is 13.3. The molecule has 2 aromatic carbocycles. The number of primary amides is 1. The highest BCUT2D eigenvalue weighted by Gasteiger charge is 2.51. The maximum atomic E-state index is 13.3. The van der Waals surface area contributed by atoms with Crippen molar-refractivity contribution in [3.8, 4) is 0 Å². The van der Waals surface area contributed by atoms with E-state index in [1.807, 2.05) is 60.7 Å². The predicted molar refractivity (Wildman–Crippen MR) is 130 cm³/mol. The van der Waals surface area contributed by atoms with Gasteiger partial charge in [-0.15, -0.1) is 0 Å². The van der Waals surface area contributed by atoms with Crippen LogP contribution >= 0.6 is 0 Å². The highest BCUT2D eigenvalue weighted by molar-refractivity contribution is 5.91. The number of hydrogen-bond acceptors (Lipinski definition) is 3. The zero-order valence-electron chi connectivity index (χ0n) is 20.4. The molecular weight excluding hydrogens is 506 g/mol. The van der Waals surface area contributed by atoms with Crippen LogP contribution in [0.4, 0.5) is 0 Å². The van der Waals surface area contributed by atoms with Crippen LogP contribution in [-0.4, -0.2) is 23.1 Å². The minimum atomic E-state index is -0.863. The van der Waals surface area contributed by atoms with E-state index in [0.29, 0.717) is 12.6 Å². The molecule has 186 valence electrons. The lowest BCUT2D eigenvalue weighted by molar-refractivity contribution is -0.703. The van der Waals surface area contributed by atoms with Crippen molar-refractivity contribution in [2.45, 2.75) is 57.5 Å². The van der Waals surface area contributed by atoms with Gasteiger partial charge in [-0.05, 0) is 36.3 Å². The quantitative estimate of drug-likeness (QED) is 0.249. The molecule has 1 fully saturated rings. The summed E-state index contributed by atoms with van der Waals surface area (Å²) in [5.74, 6) is 0.725. The van der Waals surface area contributed by atoms with Crippen LogP contribution in [0.25, 0.3) is 0 Å². The van der Waals surface area contributed by atoms with Gasteiger partial charge in [0, 0.05) is 20.3 Å². The molecule has 6 nitrogen and oxygen atoms in total. The average Bonchev–Trinajstić information content (AvgIpc) is 3.45. The number of halogens is 1. The molecule has 3 aromatic rings. The summed E-state index contributed by atoms with van der Waals surface area (Å²) < 4.78 is 9.59. The first-order valence-corrected chi connectivity index (χ1v) is 12.1. The van der Waals surface area contributed by atoms with Crippen LogP contribution < -0.4 is 27.3 Å². The Bertz CT molecular complexity index is 1090.